The molecule has 0 aromatic rings. The number of likely N-dealkylation sites (tertiary alicyclic amines) is 1. The van der Waals surface area contributed by atoms with Crippen molar-refractivity contribution in [3.05, 3.63) is 0 Å². The fourth-order valence-electron chi connectivity index (χ4n) is 2.89. The van der Waals surface area contributed by atoms with E-state index in [1.807, 2.05) is 0 Å². The first-order valence-electron chi connectivity index (χ1n) is 8.30. The van der Waals surface area contributed by atoms with Crippen LogP contribution in [0.2, 0.25) is 0 Å². The summed E-state index contributed by atoms with van der Waals surface area (Å²) in [6.45, 7) is 10.4. The Morgan fingerprint density at radius 2 is 1.80 bits per heavy atom. The molecule has 4 heteroatoms. The van der Waals surface area contributed by atoms with Crippen molar-refractivity contribution in [2.75, 3.05) is 32.7 Å². The molecule has 1 saturated heterocycles. The molecule has 4 nitrogen and oxygen atoms in total. The van der Waals surface area contributed by atoms with Gasteiger partial charge in [-0.2, -0.15) is 0 Å². The van der Waals surface area contributed by atoms with E-state index < -0.39 is 0 Å². The van der Waals surface area contributed by atoms with Gasteiger partial charge < -0.3 is 10.6 Å². The van der Waals surface area contributed by atoms with Crippen molar-refractivity contribution in [2.45, 2.75) is 64.8 Å². The smallest absolute Gasteiger partial charge is 0.236 e. The van der Waals surface area contributed by atoms with Crippen molar-refractivity contribution < 1.29 is 4.79 Å². The second kappa shape index (κ2) is 8.63. The number of hydrogen-bond donors (Lipinski definition) is 1. The first-order chi connectivity index (χ1) is 9.57. The Hall–Kier alpha value is -0.610. The average Bonchev–Trinajstić information content (AvgIpc) is 2.75. The largest absolute Gasteiger partial charge is 0.342 e. The summed E-state index contributed by atoms with van der Waals surface area (Å²) >= 11 is 0. The molecule has 1 unspecified atom stereocenters. The Labute approximate surface area is 124 Å². The third-order valence-electron chi connectivity index (χ3n) is 4.74. The number of hydrogen-bond acceptors (Lipinski definition) is 3. The topological polar surface area (TPSA) is 49.6 Å². The fourth-order valence-corrected chi connectivity index (χ4v) is 2.89. The lowest BCUT2D eigenvalue weighted by Gasteiger charge is -2.40. The highest BCUT2D eigenvalue weighted by molar-refractivity contribution is 5.78. The second-order valence-corrected chi connectivity index (χ2v) is 6.27. The van der Waals surface area contributed by atoms with Crippen LogP contribution in [-0.2, 0) is 4.79 Å². The molecule has 2 N–H and O–H groups in total. The van der Waals surface area contributed by atoms with Crippen LogP contribution in [-0.4, -0.2) is 54.0 Å². The van der Waals surface area contributed by atoms with Crippen LogP contribution in [0.25, 0.3) is 0 Å². The Kier molecular flexibility index (Phi) is 7.52. The third kappa shape index (κ3) is 4.74. The Balaban J connectivity index is 2.66. The van der Waals surface area contributed by atoms with E-state index in [4.69, 9.17) is 5.73 Å². The fraction of sp³-hybridized carbons (Fsp3) is 0.938. The van der Waals surface area contributed by atoms with Crippen LogP contribution in [0.1, 0.15) is 59.3 Å². The van der Waals surface area contributed by atoms with E-state index in [1.165, 1.54) is 12.8 Å². The van der Waals surface area contributed by atoms with E-state index in [0.29, 0.717) is 13.1 Å². The number of rotatable bonds is 7. The standard InChI is InChI=1S/C16H33N3O/c1-4-10-19(16(3,5-2)14-17)13-15(20)18-11-8-6-7-9-12-18/h4-14,17H2,1-3H3. The summed E-state index contributed by atoms with van der Waals surface area (Å²) < 4.78 is 0. The highest BCUT2D eigenvalue weighted by Gasteiger charge is 2.30. The average molecular weight is 283 g/mol. The zero-order valence-corrected chi connectivity index (χ0v) is 13.7. The summed E-state index contributed by atoms with van der Waals surface area (Å²) in [5.74, 6) is 0.286. The summed E-state index contributed by atoms with van der Waals surface area (Å²) in [5.41, 5.74) is 5.90. The van der Waals surface area contributed by atoms with Gasteiger partial charge in [0, 0.05) is 25.2 Å². The van der Waals surface area contributed by atoms with Gasteiger partial charge in [0.15, 0.2) is 0 Å². The van der Waals surface area contributed by atoms with Crippen molar-refractivity contribution in [2.24, 2.45) is 5.73 Å². The Bertz CT molecular complexity index is 281. The van der Waals surface area contributed by atoms with Crippen molar-refractivity contribution >= 4 is 5.91 Å². The van der Waals surface area contributed by atoms with Gasteiger partial charge in [-0.05, 0) is 39.2 Å². The van der Waals surface area contributed by atoms with Crippen LogP contribution >= 0.6 is 0 Å². The van der Waals surface area contributed by atoms with Crippen molar-refractivity contribution in [1.29, 1.82) is 0 Å². The zero-order valence-electron chi connectivity index (χ0n) is 13.7. The van der Waals surface area contributed by atoms with E-state index in [-0.39, 0.29) is 11.4 Å². The van der Waals surface area contributed by atoms with Gasteiger partial charge in [-0.15, -0.1) is 0 Å². The summed E-state index contributed by atoms with van der Waals surface area (Å²) in [6, 6.07) is 0. The molecule has 1 rings (SSSR count). The van der Waals surface area contributed by atoms with Crippen LogP contribution in [0.5, 0.6) is 0 Å². The lowest BCUT2D eigenvalue weighted by Crippen LogP contribution is -2.55. The molecule has 1 fully saturated rings. The zero-order chi connectivity index (χ0) is 15.0. The van der Waals surface area contributed by atoms with Crippen LogP contribution in [0.3, 0.4) is 0 Å². The predicted molar refractivity (Wildman–Crippen MR) is 84.7 cm³/mol. The minimum Gasteiger partial charge on any atom is -0.342 e. The number of nitrogens with two attached hydrogens (primary N) is 1. The van der Waals surface area contributed by atoms with Crippen molar-refractivity contribution in [1.82, 2.24) is 9.80 Å². The molecular weight excluding hydrogens is 250 g/mol. The van der Waals surface area contributed by atoms with Crippen LogP contribution in [0.15, 0.2) is 0 Å². The summed E-state index contributed by atoms with van der Waals surface area (Å²) in [5, 5.41) is 0. The van der Waals surface area contributed by atoms with Gasteiger partial charge >= 0.3 is 0 Å². The van der Waals surface area contributed by atoms with Gasteiger partial charge in [0.1, 0.15) is 0 Å². The van der Waals surface area contributed by atoms with Gasteiger partial charge in [0.25, 0.3) is 0 Å². The van der Waals surface area contributed by atoms with Crippen LogP contribution in [0, 0.1) is 0 Å². The van der Waals surface area contributed by atoms with E-state index >= 15 is 0 Å². The molecule has 1 atom stereocenters. The second-order valence-electron chi connectivity index (χ2n) is 6.27. The normalized spacial score (nSPS) is 19.8. The molecule has 0 aliphatic carbocycles. The van der Waals surface area contributed by atoms with Gasteiger partial charge in [0.05, 0.1) is 6.54 Å². The van der Waals surface area contributed by atoms with E-state index in [2.05, 4.69) is 30.6 Å². The molecule has 118 valence electrons. The molecule has 1 aliphatic heterocycles. The minimum atomic E-state index is -0.0580. The highest BCUT2D eigenvalue weighted by atomic mass is 16.2. The van der Waals surface area contributed by atoms with Crippen molar-refractivity contribution in [3.63, 3.8) is 0 Å². The molecule has 1 heterocycles. The van der Waals surface area contributed by atoms with Gasteiger partial charge in [-0.25, -0.2) is 0 Å². The monoisotopic (exact) mass is 283 g/mol. The third-order valence-corrected chi connectivity index (χ3v) is 4.74. The van der Waals surface area contributed by atoms with Crippen LogP contribution in [0.4, 0.5) is 0 Å². The SMILES string of the molecule is CCCN(CC(=O)N1CCCCCC1)C(C)(CC)CN. The van der Waals surface area contributed by atoms with Gasteiger partial charge in [-0.3, -0.25) is 9.69 Å². The maximum Gasteiger partial charge on any atom is 0.236 e. The lowest BCUT2D eigenvalue weighted by atomic mass is 9.96. The molecule has 0 radical (unpaired) electrons. The molecule has 1 amide bonds. The number of carbonyl (C=O) groups is 1. The number of carbonyl (C=O) groups excluding carboxylic acids is 1. The quantitative estimate of drug-likeness (QED) is 0.779. The molecule has 0 aromatic heterocycles. The summed E-state index contributed by atoms with van der Waals surface area (Å²) in [6.07, 6.45) is 6.87. The summed E-state index contributed by atoms with van der Waals surface area (Å²) in [7, 11) is 0. The van der Waals surface area contributed by atoms with Crippen LogP contribution < -0.4 is 5.73 Å². The molecule has 0 spiro atoms. The number of nitrogens with zero attached hydrogens (tertiary/aromatic N) is 2. The molecule has 20 heavy (non-hydrogen) atoms. The van der Waals surface area contributed by atoms with E-state index in [9.17, 15) is 4.79 Å². The lowest BCUT2D eigenvalue weighted by molar-refractivity contribution is -0.134. The Morgan fingerprint density at radius 3 is 2.25 bits per heavy atom. The first kappa shape index (κ1) is 17.4. The van der Waals surface area contributed by atoms with Gasteiger partial charge in [0.2, 0.25) is 5.91 Å². The van der Waals surface area contributed by atoms with Gasteiger partial charge in [-0.1, -0.05) is 26.7 Å². The summed E-state index contributed by atoms with van der Waals surface area (Å²) in [4.78, 5) is 16.9. The molecule has 0 aromatic carbocycles. The minimum absolute atomic E-state index is 0.0580. The number of amides is 1. The van der Waals surface area contributed by atoms with E-state index in [1.54, 1.807) is 0 Å². The van der Waals surface area contributed by atoms with E-state index in [0.717, 1.165) is 45.3 Å². The molecular formula is C16H33N3O. The Morgan fingerprint density at radius 1 is 1.20 bits per heavy atom. The predicted octanol–water partition coefficient (Wildman–Crippen LogP) is 2.23. The van der Waals surface area contributed by atoms with Crippen molar-refractivity contribution in [3.8, 4) is 0 Å². The molecule has 0 saturated carbocycles. The first-order valence-corrected chi connectivity index (χ1v) is 8.30. The maximum atomic E-state index is 12.6. The maximum absolute atomic E-state index is 12.6. The molecule has 1 aliphatic rings. The highest BCUT2D eigenvalue weighted by Crippen LogP contribution is 2.19. The molecule has 0 bridgehead atoms.